The molecule has 0 atom stereocenters. The Hall–Kier alpha value is -7.13. The van der Waals surface area contributed by atoms with Crippen molar-refractivity contribution in [2.24, 2.45) is 0 Å². The monoisotopic (exact) mass is 765 g/mol. The standard InChI is InChI=1S/C49H27N5OS2/c1-3-13-28(14-4-1)46-52-47(29-15-5-2-6-16-29)54-48(53-46)35-20-12-24-39-41(35)33-26-25-30(27-40(33)56-39)42-45-43(34-18-8-10-23-38(34)57-45)51-49(50-42)36-21-11-19-32-31-17-7-9-22-37(31)55-44(32)36/h1-27H. The van der Waals surface area contributed by atoms with Crippen molar-refractivity contribution >= 4 is 85.1 Å². The van der Waals surface area contributed by atoms with Crippen LogP contribution >= 0.6 is 22.7 Å². The van der Waals surface area contributed by atoms with Crippen LogP contribution in [0.5, 0.6) is 0 Å². The average molecular weight is 766 g/mol. The molecule has 5 aromatic heterocycles. The van der Waals surface area contributed by atoms with Gasteiger partial charge in [-0.2, -0.15) is 0 Å². The zero-order valence-electron chi connectivity index (χ0n) is 30.0. The predicted octanol–water partition coefficient (Wildman–Crippen LogP) is 13.6. The minimum absolute atomic E-state index is 0.641. The summed E-state index contributed by atoms with van der Waals surface area (Å²) >= 11 is 3.51. The van der Waals surface area contributed by atoms with Gasteiger partial charge in [0.25, 0.3) is 0 Å². The Balaban J connectivity index is 1.06. The molecule has 0 spiro atoms. The molecule has 0 fully saturated rings. The minimum atomic E-state index is 0.641. The lowest BCUT2D eigenvalue weighted by Crippen LogP contribution is -2.00. The summed E-state index contributed by atoms with van der Waals surface area (Å²) in [7, 11) is 0. The van der Waals surface area contributed by atoms with Crippen molar-refractivity contribution in [3.05, 3.63) is 164 Å². The third-order valence-electron chi connectivity index (χ3n) is 10.6. The maximum atomic E-state index is 6.48. The number of thiophene rings is 2. The fourth-order valence-corrected chi connectivity index (χ4v) is 10.2. The van der Waals surface area contributed by atoms with Crippen LogP contribution in [0.3, 0.4) is 0 Å². The Kier molecular flexibility index (Phi) is 7.17. The van der Waals surface area contributed by atoms with E-state index in [9.17, 15) is 0 Å². The van der Waals surface area contributed by atoms with Gasteiger partial charge in [-0.15, -0.1) is 22.7 Å². The minimum Gasteiger partial charge on any atom is -0.455 e. The fraction of sp³-hybridized carbons (Fsp3) is 0. The van der Waals surface area contributed by atoms with Crippen molar-refractivity contribution in [2.75, 3.05) is 0 Å². The molecule has 7 aromatic carbocycles. The highest BCUT2D eigenvalue weighted by Gasteiger charge is 2.22. The zero-order chi connectivity index (χ0) is 37.5. The Bertz CT molecular complexity index is 3480. The lowest BCUT2D eigenvalue weighted by molar-refractivity contribution is 0.669. The SMILES string of the molecule is c1ccc(-c2nc(-c3ccccc3)nc(-c3cccc4sc5cc(-c6nc(-c7cccc8c7oc7ccccc78)nc7c6sc6ccccc67)ccc5c34)n2)cc1. The molecule has 0 saturated carbocycles. The molecule has 0 saturated heterocycles. The smallest absolute Gasteiger partial charge is 0.164 e. The number of furan rings is 1. The van der Waals surface area contributed by atoms with Gasteiger partial charge in [0, 0.05) is 63.3 Å². The van der Waals surface area contributed by atoms with Gasteiger partial charge in [-0.05, 0) is 30.3 Å². The summed E-state index contributed by atoms with van der Waals surface area (Å²) in [5.41, 5.74) is 8.25. The summed E-state index contributed by atoms with van der Waals surface area (Å²) in [6, 6.07) is 56.2. The number of aromatic nitrogens is 5. The maximum absolute atomic E-state index is 6.48. The molecule has 0 aliphatic heterocycles. The van der Waals surface area contributed by atoms with Gasteiger partial charge in [0.1, 0.15) is 11.2 Å². The normalized spacial score (nSPS) is 11.9. The summed E-state index contributed by atoms with van der Waals surface area (Å²) in [5.74, 6) is 2.57. The molecular formula is C49H27N5OS2. The van der Waals surface area contributed by atoms with Crippen molar-refractivity contribution in [2.45, 2.75) is 0 Å². The first-order valence-electron chi connectivity index (χ1n) is 18.7. The molecule has 0 amide bonds. The van der Waals surface area contributed by atoms with Gasteiger partial charge in [-0.3, -0.25) is 0 Å². The Labute approximate surface area is 333 Å². The van der Waals surface area contributed by atoms with E-state index in [0.717, 1.165) is 91.2 Å². The summed E-state index contributed by atoms with van der Waals surface area (Å²) in [5, 5.41) is 5.52. The molecule has 0 aliphatic rings. The molecule has 8 heteroatoms. The number of benzene rings is 7. The van der Waals surface area contributed by atoms with Crippen LogP contribution in [-0.2, 0) is 0 Å². The van der Waals surface area contributed by atoms with Crippen LogP contribution in [0.1, 0.15) is 0 Å². The number of para-hydroxylation sites is 2. The first-order valence-corrected chi connectivity index (χ1v) is 20.3. The van der Waals surface area contributed by atoms with Crippen LogP contribution in [-0.4, -0.2) is 24.9 Å². The van der Waals surface area contributed by atoms with E-state index >= 15 is 0 Å². The topological polar surface area (TPSA) is 77.6 Å². The quantitative estimate of drug-likeness (QED) is 0.174. The van der Waals surface area contributed by atoms with Crippen LogP contribution in [0.2, 0.25) is 0 Å². The fourth-order valence-electron chi connectivity index (χ4n) is 7.92. The van der Waals surface area contributed by atoms with Gasteiger partial charge in [0.15, 0.2) is 23.3 Å². The first-order chi connectivity index (χ1) is 28.2. The summed E-state index contributed by atoms with van der Waals surface area (Å²) in [6.45, 7) is 0. The predicted molar refractivity (Wildman–Crippen MR) is 236 cm³/mol. The molecule has 266 valence electrons. The number of rotatable bonds is 5. The highest BCUT2D eigenvalue weighted by molar-refractivity contribution is 7.26. The summed E-state index contributed by atoms with van der Waals surface area (Å²) in [4.78, 5) is 25.8. The van der Waals surface area contributed by atoms with Gasteiger partial charge < -0.3 is 4.42 Å². The number of fused-ring (bicyclic) bond motifs is 9. The molecule has 0 radical (unpaired) electrons. The van der Waals surface area contributed by atoms with Gasteiger partial charge in [0.2, 0.25) is 0 Å². The number of nitrogens with zero attached hydrogens (tertiary/aromatic N) is 5. The van der Waals surface area contributed by atoms with Crippen molar-refractivity contribution in [1.29, 1.82) is 0 Å². The van der Waals surface area contributed by atoms with Crippen molar-refractivity contribution in [3.63, 3.8) is 0 Å². The number of hydrogen-bond acceptors (Lipinski definition) is 8. The lowest BCUT2D eigenvalue weighted by Gasteiger charge is -2.10. The second-order valence-electron chi connectivity index (χ2n) is 14.0. The lowest BCUT2D eigenvalue weighted by atomic mass is 10.0. The van der Waals surface area contributed by atoms with E-state index in [-0.39, 0.29) is 0 Å². The summed E-state index contributed by atoms with van der Waals surface area (Å²) < 4.78 is 11.0. The van der Waals surface area contributed by atoms with Crippen LogP contribution in [0.4, 0.5) is 0 Å². The van der Waals surface area contributed by atoms with Crippen LogP contribution in [0.15, 0.2) is 168 Å². The maximum Gasteiger partial charge on any atom is 0.164 e. The van der Waals surface area contributed by atoms with Crippen molar-refractivity contribution < 1.29 is 4.42 Å². The summed E-state index contributed by atoms with van der Waals surface area (Å²) in [6.07, 6.45) is 0. The van der Waals surface area contributed by atoms with Gasteiger partial charge >= 0.3 is 0 Å². The molecule has 5 heterocycles. The molecule has 57 heavy (non-hydrogen) atoms. The first kappa shape index (κ1) is 32.1. The van der Waals surface area contributed by atoms with Gasteiger partial charge in [-0.25, -0.2) is 24.9 Å². The molecular weight excluding hydrogens is 739 g/mol. The van der Waals surface area contributed by atoms with E-state index < -0.39 is 0 Å². The Morgan fingerprint density at radius 2 is 1.02 bits per heavy atom. The zero-order valence-corrected chi connectivity index (χ0v) is 31.7. The largest absolute Gasteiger partial charge is 0.455 e. The Morgan fingerprint density at radius 1 is 0.386 bits per heavy atom. The highest BCUT2D eigenvalue weighted by atomic mass is 32.1. The molecule has 12 aromatic rings. The second kappa shape index (κ2) is 12.7. The van der Waals surface area contributed by atoms with E-state index in [1.54, 1.807) is 22.7 Å². The van der Waals surface area contributed by atoms with Crippen molar-refractivity contribution in [1.82, 2.24) is 24.9 Å². The molecule has 0 unspecified atom stereocenters. The molecule has 12 rings (SSSR count). The van der Waals surface area contributed by atoms with E-state index in [1.165, 1.54) is 4.70 Å². The van der Waals surface area contributed by atoms with Gasteiger partial charge in [-0.1, -0.05) is 133 Å². The average Bonchev–Trinajstić information content (AvgIpc) is 3.97. The van der Waals surface area contributed by atoms with Crippen LogP contribution in [0, 0.1) is 0 Å². The van der Waals surface area contributed by atoms with E-state index in [2.05, 4.69) is 84.9 Å². The number of hydrogen-bond donors (Lipinski definition) is 0. The van der Waals surface area contributed by atoms with E-state index in [1.807, 2.05) is 78.9 Å². The van der Waals surface area contributed by atoms with Crippen molar-refractivity contribution in [3.8, 4) is 56.8 Å². The molecule has 6 nitrogen and oxygen atoms in total. The third-order valence-corrected chi connectivity index (χ3v) is 12.9. The molecule has 0 aliphatic carbocycles. The highest BCUT2D eigenvalue weighted by Crippen LogP contribution is 2.45. The van der Waals surface area contributed by atoms with E-state index in [4.69, 9.17) is 29.3 Å². The third kappa shape index (κ3) is 5.19. The van der Waals surface area contributed by atoms with Gasteiger partial charge in [0.05, 0.1) is 21.5 Å². The Morgan fingerprint density at radius 3 is 1.82 bits per heavy atom. The van der Waals surface area contributed by atoms with Crippen LogP contribution in [0.25, 0.3) is 119 Å². The second-order valence-corrected chi connectivity index (χ2v) is 16.1. The van der Waals surface area contributed by atoms with E-state index in [0.29, 0.717) is 23.3 Å². The molecule has 0 bridgehead atoms. The molecule has 0 N–H and O–H groups in total. The van der Waals surface area contributed by atoms with Crippen LogP contribution < -0.4 is 0 Å².